The van der Waals surface area contributed by atoms with Gasteiger partial charge < -0.3 is 16.2 Å². The predicted molar refractivity (Wildman–Crippen MR) is 75.6 cm³/mol. The first-order valence-corrected chi connectivity index (χ1v) is 5.99. The van der Waals surface area contributed by atoms with Crippen molar-refractivity contribution in [3.8, 4) is 11.5 Å². The maximum absolute atomic E-state index is 11.3. The second-order valence-corrected chi connectivity index (χ2v) is 4.51. The molecule has 1 amide bonds. The van der Waals surface area contributed by atoms with Crippen LogP contribution in [-0.2, 0) is 0 Å². The van der Waals surface area contributed by atoms with Crippen LogP contribution in [0.1, 0.15) is 15.9 Å². The Balaban J connectivity index is 2.42. The molecular weight excluding hydrogens is 264 g/mol. The first kappa shape index (κ1) is 13.2. The number of aryl methyl sites for hydroxylation is 1. The summed E-state index contributed by atoms with van der Waals surface area (Å²) in [5, 5.41) is 0.400. The quantitative estimate of drug-likeness (QED) is 0.846. The Morgan fingerprint density at radius 1 is 1.21 bits per heavy atom. The van der Waals surface area contributed by atoms with Crippen LogP contribution in [0.4, 0.5) is 5.69 Å². The van der Waals surface area contributed by atoms with Gasteiger partial charge in [0.25, 0.3) is 5.91 Å². The highest BCUT2D eigenvalue weighted by Gasteiger charge is 2.11. The summed E-state index contributed by atoms with van der Waals surface area (Å²) in [6.45, 7) is 1.84. The molecule has 2 aromatic carbocycles. The monoisotopic (exact) mass is 276 g/mol. The molecule has 0 saturated heterocycles. The Bertz CT molecular complexity index is 641. The van der Waals surface area contributed by atoms with Crippen molar-refractivity contribution in [1.29, 1.82) is 0 Å². The van der Waals surface area contributed by atoms with Crippen molar-refractivity contribution in [2.24, 2.45) is 5.73 Å². The van der Waals surface area contributed by atoms with Crippen LogP contribution in [0.2, 0.25) is 5.02 Å². The Morgan fingerprint density at radius 3 is 2.58 bits per heavy atom. The second kappa shape index (κ2) is 5.20. The number of benzene rings is 2. The number of nitrogens with two attached hydrogens (primary N) is 2. The Labute approximate surface area is 115 Å². The van der Waals surface area contributed by atoms with E-state index in [-0.39, 0.29) is 0 Å². The Morgan fingerprint density at radius 2 is 1.89 bits per heavy atom. The zero-order chi connectivity index (χ0) is 14.0. The van der Waals surface area contributed by atoms with Crippen LogP contribution < -0.4 is 16.2 Å². The third-order valence-electron chi connectivity index (χ3n) is 2.67. The number of carbonyl (C=O) groups excluding carboxylic acids is 1. The van der Waals surface area contributed by atoms with Gasteiger partial charge in [-0.3, -0.25) is 4.79 Å². The zero-order valence-electron chi connectivity index (χ0n) is 10.3. The second-order valence-electron chi connectivity index (χ2n) is 4.10. The fourth-order valence-corrected chi connectivity index (χ4v) is 1.83. The number of anilines is 1. The molecule has 4 N–H and O–H groups in total. The van der Waals surface area contributed by atoms with Gasteiger partial charge in [-0.25, -0.2) is 0 Å². The molecule has 2 rings (SSSR count). The molecular formula is C14H13ClN2O2. The molecule has 0 atom stereocenters. The number of primary amides is 1. The maximum Gasteiger partial charge on any atom is 0.252 e. The van der Waals surface area contributed by atoms with Crippen molar-refractivity contribution < 1.29 is 9.53 Å². The van der Waals surface area contributed by atoms with Gasteiger partial charge in [-0.2, -0.15) is 0 Å². The molecule has 0 radical (unpaired) electrons. The highest BCUT2D eigenvalue weighted by Crippen LogP contribution is 2.32. The van der Waals surface area contributed by atoms with E-state index in [1.54, 1.807) is 36.4 Å². The number of para-hydroxylation sites is 1. The summed E-state index contributed by atoms with van der Waals surface area (Å²) in [7, 11) is 0. The minimum atomic E-state index is -0.546. The van der Waals surface area contributed by atoms with E-state index >= 15 is 0 Å². The molecule has 0 fully saturated rings. The maximum atomic E-state index is 11.3. The summed E-state index contributed by atoms with van der Waals surface area (Å²) in [5.41, 5.74) is 12.6. The lowest BCUT2D eigenvalue weighted by atomic mass is 10.1. The summed E-state index contributed by atoms with van der Waals surface area (Å²) >= 11 is 5.96. The summed E-state index contributed by atoms with van der Waals surface area (Å²) in [5.74, 6) is 0.377. The fraction of sp³-hybridized carbons (Fsp3) is 0.0714. The molecule has 0 unspecified atom stereocenters. The standard InChI is InChI=1S/C14H13ClN2O2/c1-8-6-11(16)10(15)7-13(8)19-12-5-3-2-4-9(12)14(17)18/h2-7H,16H2,1H3,(H2,17,18). The van der Waals surface area contributed by atoms with Crippen LogP contribution in [0.15, 0.2) is 36.4 Å². The number of hydrogen-bond donors (Lipinski definition) is 2. The van der Waals surface area contributed by atoms with E-state index < -0.39 is 5.91 Å². The summed E-state index contributed by atoms with van der Waals surface area (Å²) in [6.07, 6.45) is 0. The van der Waals surface area contributed by atoms with Gasteiger partial charge in [0.15, 0.2) is 0 Å². The molecule has 19 heavy (non-hydrogen) atoms. The number of rotatable bonds is 3. The third kappa shape index (κ3) is 2.80. The lowest BCUT2D eigenvalue weighted by Crippen LogP contribution is -2.12. The van der Waals surface area contributed by atoms with Crippen molar-refractivity contribution in [1.82, 2.24) is 0 Å². The number of nitrogen functional groups attached to an aromatic ring is 1. The minimum absolute atomic E-state index is 0.315. The van der Waals surface area contributed by atoms with Gasteiger partial charge in [-0.05, 0) is 30.7 Å². The van der Waals surface area contributed by atoms with Crippen LogP contribution in [-0.4, -0.2) is 5.91 Å². The molecule has 0 bridgehead atoms. The third-order valence-corrected chi connectivity index (χ3v) is 2.99. The summed E-state index contributed by atoms with van der Waals surface area (Å²) in [4.78, 5) is 11.3. The molecule has 0 aliphatic rings. The highest BCUT2D eigenvalue weighted by molar-refractivity contribution is 6.33. The van der Waals surface area contributed by atoms with Gasteiger partial charge in [0.2, 0.25) is 0 Å². The van der Waals surface area contributed by atoms with Gasteiger partial charge in [0.1, 0.15) is 11.5 Å². The SMILES string of the molecule is Cc1cc(N)c(Cl)cc1Oc1ccccc1C(N)=O. The van der Waals surface area contributed by atoms with Gasteiger partial charge in [0.05, 0.1) is 16.3 Å². The Kier molecular flexibility index (Phi) is 3.62. The van der Waals surface area contributed by atoms with Gasteiger partial charge in [0, 0.05) is 6.07 Å². The number of carbonyl (C=O) groups is 1. The molecule has 0 heterocycles. The lowest BCUT2D eigenvalue weighted by Gasteiger charge is -2.12. The van der Waals surface area contributed by atoms with Crippen molar-refractivity contribution >= 4 is 23.2 Å². The van der Waals surface area contributed by atoms with Crippen LogP contribution in [0.5, 0.6) is 11.5 Å². The van der Waals surface area contributed by atoms with Gasteiger partial charge in [-0.1, -0.05) is 23.7 Å². The normalized spacial score (nSPS) is 10.2. The van der Waals surface area contributed by atoms with E-state index in [4.69, 9.17) is 27.8 Å². The average molecular weight is 277 g/mol. The Hall–Kier alpha value is -2.20. The average Bonchev–Trinajstić information content (AvgIpc) is 2.36. The lowest BCUT2D eigenvalue weighted by molar-refractivity contribution is 0.0998. The number of ether oxygens (including phenoxy) is 1. The molecule has 0 spiro atoms. The van der Waals surface area contributed by atoms with E-state index in [0.29, 0.717) is 27.8 Å². The van der Waals surface area contributed by atoms with Crippen LogP contribution in [0.25, 0.3) is 0 Å². The van der Waals surface area contributed by atoms with Crippen LogP contribution in [0, 0.1) is 6.92 Å². The van der Waals surface area contributed by atoms with Crippen molar-refractivity contribution in [2.45, 2.75) is 6.92 Å². The predicted octanol–water partition coefficient (Wildman–Crippen LogP) is 3.12. The molecule has 0 aliphatic heterocycles. The summed E-state index contributed by atoms with van der Waals surface area (Å²) in [6, 6.07) is 10.1. The van der Waals surface area contributed by atoms with Crippen LogP contribution in [0.3, 0.4) is 0 Å². The highest BCUT2D eigenvalue weighted by atomic mass is 35.5. The minimum Gasteiger partial charge on any atom is -0.456 e. The van der Waals surface area contributed by atoms with Gasteiger partial charge in [-0.15, -0.1) is 0 Å². The molecule has 2 aromatic rings. The topological polar surface area (TPSA) is 78.3 Å². The number of amides is 1. The van der Waals surface area contributed by atoms with E-state index in [0.717, 1.165) is 5.56 Å². The molecule has 5 heteroatoms. The molecule has 4 nitrogen and oxygen atoms in total. The fourth-order valence-electron chi connectivity index (χ4n) is 1.67. The molecule has 0 saturated carbocycles. The van der Waals surface area contributed by atoms with Gasteiger partial charge >= 0.3 is 0 Å². The van der Waals surface area contributed by atoms with E-state index in [1.165, 1.54) is 0 Å². The van der Waals surface area contributed by atoms with E-state index in [2.05, 4.69) is 0 Å². The van der Waals surface area contributed by atoms with Crippen molar-refractivity contribution in [2.75, 3.05) is 5.73 Å². The van der Waals surface area contributed by atoms with Crippen molar-refractivity contribution in [3.05, 3.63) is 52.5 Å². The first-order chi connectivity index (χ1) is 8.99. The number of hydrogen-bond acceptors (Lipinski definition) is 3. The summed E-state index contributed by atoms with van der Waals surface area (Å²) < 4.78 is 5.70. The van der Waals surface area contributed by atoms with Crippen LogP contribution >= 0.6 is 11.6 Å². The largest absolute Gasteiger partial charge is 0.456 e. The first-order valence-electron chi connectivity index (χ1n) is 5.61. The molecule has 0 aromatic heterocycles. The van der Waals surface area contributed by atoms with E-state index in [1.807, 2.05) is 6.92 Å². The molecule has 0 aliphatic carbocycles. The number of halogens is 1. The van der Waals surface area contributed by atoms with E-state index in [9.17, 15) is 4.79 Å². The molecule has 98 valence electrons. The smallest absolute Gasteiger partial charge is 0.252 e. The zero-order valence-corrected chi connectivity index (χ0v) is 11.1. The van der Waals surface area contributed by atoms with Crippen molar-refractivity contribution in [3.63, 3.8) is 0 Å².